The minimum Gasteiger partial charge on any atom is -0.465 e. The number of fused-ring (bicyclic) bond motifs is 1. The van der Waals surface area contributed by atoms with Crippen molar-refractivity contribution in [2.45, 2.75) is 45.9 Å². The van der Waals surface area contributed by atoms with Gasteiger partial charge in [-0.1, -0.05) is 0 Å². The van der Waals surface area contributed by atoms with Gasteiger partial charge in [-0.25, -0.2) is 4.79 Å². The molecule has 172 valence electrons. The van der Waals surface area contributed by atoms with Crippen molar-refractivity contribution in [3.05, 3.63) is 23.5 Å². The lowest BCUT2D eigenvalue weighted by Gasteiger charge is -2.60. The molecule has 10 heteroatoms. The van der Waals surface area contributed by atoms with Crippen LogP contribution in [0.15, 0.2) is 23.5 Å². The lowest BCUT2D eigenvalue weighted by molar-refractivity contribution is -0.321. The first-order valence-corrected chi connectivity index (χ1v) is 10.6. The molecule has 3 aliphatic heterocycles. The Kier molecular flexibility index (Phi) is 6.89. The molecule has 32 heavy (non-hydrogen) atoms. The van der Waals surface area contributed by atoms with Gasteiger partial charge in [-0.2, -0.15) is 10.5 Å². The molecule has 6 atom stereocenters. The molecular weight excluding hydrogens is 420 g/mol. The Labute approximate surface area is 186 Å². The Morgan fingerprint density at radius 2 is 1.66 bits per heavy atom. The quantitative estimate of drug-likeness (QED) is 0.507. The van der Waals surface area contributed by atoms with Gasteiger partial charge >= 0.3 is 11.9 Å². The Morgan fingerprint density at radius 3 is 2.22 bits per heavy atom. The zero-order valence-electron chi connectivity index (χ0n) is 18.5. The molecule has 0 spiro atoms. The second-order valence-corrected chi connectivity index (χ2v) is 7.31. The zero-order valence-corrected chi connectivity index (χ0v) is 18.5. The molecule has 1 saturated heterocycles. The molecule has 4 rings (SSSR count). The number of hydrogen-bond donors (Lipinski definition) is 0. The fraction of sp³-hybridized carbons (Fsp3) is 0.636. The second kappa shape index (κ2) is 9.29. The Hall–Kier alpha value is -2.92. The first-order chi connectivity index (χ1) is 15.4. The van der Waals surface area contributed by atoms with Gasteiger partial charge in [0.05, 0.1) is 25.0 Å². The summed E-state index contributed by atoms with van der Waals surface area (Å²) in [7, 11) is 0. The number of carbonyl (C=O) groups excluding carboxylic acids is 2. The molecule has 10 nitrogen and oxygen atoms in total. The van der Waals surface area contributed by atoms with Crippen molar-refractivity contribution in [3.63, 3.8) is 0 Å². The average Bonchev–Trinajstić information content (AvgIpc) is 2.79. The van der Waals surface area contributed by atoms with Crippen LogP contribution in [0, 0.1) is 39.9 Å². The number of esters is 2. The molecule has 3 heterocycles. The SMILES string of the molecule is CCOC(=O)C1=C[C@]2(C#N)O[C@@H](OCC)[C@H]1[C@@H]1[C@@H](OCC)OC(C#N)=C[C@@]12C(=O)OCC. The number of ether oxygens (including phenoxy) is 6. The van der Waals surface area contributed by atoms with Gasteiger partial charge in [-0.15, -0.1) is 0 Å². The van der Waals surface area contributed by atoms with Crippen LogP contribution in [0.4, 0.5) is 0 Å². The highest BCUT2D eigenvalue weighted by molar-refractivity contribution is 5.93. The van der Waals surface area contributed by atoms with Crippen LogP contribution >= 0.6 is 0 Å². The maximum Gasteiger partial charge on any atom is 0.334 e. The van der Waals surface area contributed by atoms with Crippen LogP contribution in [0.2, 0.25) is 0 Å². The topological polar surface area (TPSA) is 137 Å². The maximum atomic E-state index is 13.5. The molecule has 1 fully saturated rings. The van der Waals surface area contributed by atoms with E-state index in [1.54, 1.807) is 27.7 Å². The summed E-state index contributed by atoms with van der Waals surface area (Å²) in [6.07, 6.45) is 0.340. The number of allylic oxidation sites excluding steroid dienone is 1. The van der Waals surface area contributed by atoms with E-state index in [-0.39, 0.29) is 37.8 Å². The minimum absolute atomic E-state index is 0.0265. The smallest absolute Gasteiger partial charge is 0.334 e. The summed E-state index contributed by atoms with van der Waals surface area (Å²) in [5.41, 5.74) is -3.71. The molecule has 0 unspecified atom stereocenters. The molecule has 0 aromatic heterocycles. The number of nitriles is 2. The van der Waals surface area contributed by atoms with Gasteiger partial charge in [0.2, 0.25) is 6.29 Å². The van der Waals surface area contributed by atoms with Gasteiger partial charge in [0.15, 0.2) is 17.7 Å². The van der Waals surface area contributed by atoms with Crippen molar-refractivity contribution in [2.24, 2.45) is 17.3 Å². The molecule has 0 saturated carbocycles. The van der Waals surface area contributed by atoms with Gasteiger partial charge < -0.3 is 28.4 Å². The predicted octanol–water partition coefficient (Wildman–Crippen LogP) is 1.73. The lowest BCUT2D eigenvalue weighted by Crippen LogP contribution is -2.72. The number of rotatable bonds is 8. The van der Waals surface area contributed by atoms with Crippen molar-refractivity contribution in [3.8, 4) is 12.1 Å². The van der Waals surface area contributed by atoms with E-state index in [2.05, 4.69) is 6.07 Å². The molecule has 0 aromatic carbocycles. The fourth-order valence-corrected chi connectivity index (χ4v) is 4.71. The number of hydrogen-bond acceptors (Lipinski definition) is 10. The first kappa shape index (κ1) is 23.7. The summed E-state index contributed by atoms with van der Waals surface area (Å²) < 4.78 is 33.9. The van der Waals surface area contributed by atoms with Crippen molar-refractivity contribution in [1.82, 2.24) is 0 Å². The third-order valence-electron chi connectivity index (χ3n) is 5.80. The average molecular weight is 446 g/mol. The summed E-state index contributed by atoms with van der Waals surface area (Å²) in [5, 5.41) is 19.9. The zero-order chi connectivity index (χ0) is 23.5. The van der Waals surface area contributed by atoms with E-state index in [0.29, 0.717) is 0 Å². The van der Waals surface area contributed by atoms with Crippen LogP contribution < -0.4 is 0 Å². The highest BCUT2D eigenvalue weighted by Crippen LogP contribution is 2.62. The van der Waals surface area contributed by atoms with Gasteiger partial charge in [-0.3, -0.25) is 4.79 Å². The predicted molar refractivity (Wildman–Crippen MR) is 106 cm³/mol. The highest BCUT2D eigenvalue weighted by Gasteiger charge is 2.76. The Balaban J connectivity index is 2.36. The standard InChI is InChI=1S/C22H26N2O8/c1-5-27-17(25)14-10-21(12-24)22(20(26)30-8-4)9-13(11-23)31-19(29-7-3)16(22)15(14)18(32-21)28-6-2/h9-10,15-16,18-19H,5-8H2,1-4H3/t15-,16-,18-,19+,21-,22+/m1/s1. The van der Waals surface area contributed by atoms with Crippen molar-refractivity contribution in [1.29, 1.82) is 10.5 Å². The summed E-state index contributed by atoms with van der Waals surface area (Å²) in [5.74, 6) is -3.51. The van der Waals surface area contributed by atoms with E-state index in [1.807, 2.05) is 6.07 Å². The first-order valence-electron chi connectivity index (χ1n) is 10.6. The van der Waals surface area contributed by atoms with Crippen molar-refractivity contribution >= 4 is 11.9 Å². The Morgan fingerprint density at radius 1 is 1.00 bits per heavy atom. The molecule has 4 aliphatic rings. The van der Waals surface area contributed by atoms with Crippen LogP contribution in [-0.2, 0) is 38.0 Å². The molecule has 0 N–H and O–H groups in total. The summed E-state index contributed by atoms with van der Waals surface area (Å²) in [6, 6.07) is 3.94. The van der Waals surface area contributed by atoms with Crippen LogP contribution in [0.3, 0.4) is 0 Å². The van der Waals surface area contributed by atoms with Gasteiger partial charge in [0, 0.05) is 18.8 Å². The van der Waals surface area contributed by atoms with Crippen molar-refractivity contribution < 1.29 is 38.0 Å². The van der Waals surface area contributed by atoms with Gasteiger partial charge in [0.25, 0.3) is 0 Å². The van der Waals surface area contributed by atoms with E-state index < -0.39 is 47.4 Å². The highest BCUT2D eigenvalue weighted by atomic mass is 16.7. The monoisotopic (exact) mass is 446 g/mol. The summed E-state index contributed by atoms with van der Waals surface area (Å²) in [4.78, 5) is 26.4. The van der Waals surface area contributed by atoms with E-state index >= 15 is 0 Å². The molecule has 0 radical (unpaired) electrons. The van der Waals surface area contributed by atoms with Crippen molar-refractivity contribution in [2.75, 3.05) is 26.4 Å². The van der Waals surface area contributed by atoms with Gasteiger partial charge in [-0.05, 0) is 39.8 Å². The largest absolute Gasteiger partial charge is 0.465 e. The van der Waals surface area contributed by atoms with E-state index in [4.69, 9.17) is 28.4 Å². The number of carbonyl (C=O) groups is 2. The molecule has 0 amide bonds. The van der Waals surface area contributed by atoms with Crippen LogP contribution in [0.25, 0.3) is 0 Å². The van der Waals surface area contributed by atoms with E-state index in [1.165, 1.54) is 12.2 Å². The van der Waals surface area contributed by atoms with Crippen LogP contribution in [0.5, 0.6) is 0 Å². The van der Waals surface area contributed by atoms with Crippen LogP contribution in [0.1, 0.15) is 27.7 Å². The second-order valence-electron chi connectivity index (χ2n) is 7.31. The number of nitrogens with zero attached hydrogens (tertiary/aromatic N) is 2. The summed E-state index contributed by atoms with van der Waals surface area (Å²) >= 11 is 0. The van der Waals surface area contributed by atoms with Crippen LogP contribution in [-0.4, -0.2) is 56.5 Å². The lowest BCUT2D eigenvalue weighted by atomic mass is 9.51. The third kappa shape index (κ3) is 3.36. The molecule has 2 bridgehead atoms. The molecular formula is C22H26N2O8. The normalized spacial score (nSPS) is 34.7. The Bertz CT molecular complexity index is 916. The van der Waals surface area contributed by atoms with E-state index in [0.717, 1.165) is 0 Å². The maximum absolute atomic E-state index is 13.5. The summed E-state index contributed by atoms with van der Waals surface area (Å²) in [6.45, 7) is 7.29. The molecule has 1 aliphatic carbocycles. The molecule has 0 aromatic rings. The fourth-order valence-electron chi connectivity index (χ4n) is 4.71. The third-order valence-corrected chi connectivity index (χ3v) is 5.80. The van der Waals surface area contributed by atoms with E-state index in [9.17, 15) is 20.1 Å². The van der Waals surface area contributed by atoms with Gasteiger partial charge in [0.1, 0.15) is 17.6 Å². The minimum atomic E-state index is -2.03.